The van der Waals surface area contributed by atoms with Crippen molar-refractivity contribution in [3.8, 4) is 39.1 Å². The molecule has 0 fully saturated rings. The van der Waals surface area contributed by atoms with E-state index in [2.05, 4.69) is 240 Å². The number of anilines is 3. The number of fused-ring (bicyclic) bond motifs is 9. The number of hydrogen-bond donors (Lipinski definition) is 0. The Morgan fingerprint density at radius 1 is 0.308 bits per heavy atom. The van der Waals surface area contributed by atoms with Crippen LogP contribution in [-0.4, -0.2) is 4.57 Å². The van der Waals surface area contributed by atoms with E-state index in [1.165, 1.54) is 71.2 Å². The van der Waals surface area contributed by atoms with Crippen molar-refractivity contribution < 1.29 is 4.42 Å². The number of nitrogens with zero attached hydrogens (tertiary/aromatic N) is 2. The molecular formula is C62H40N2O. The van der Waals surface area contributed by atoms with Gasteiger partial charge in [0.1, 0.15) is 11.2 Å². The molecule has 65 heavy (non-hydrogen) atoms. The third-order valence-corrected chi connectivity index (χ3v) is 13.2. The number of benzene rings is 11. The van der Waals surface area contributed by atoms with Crippen LogP contribution in [0.5, 0.6) is 0 Å². The summed E-state index contributed by atoms with van der Waals surface area (Å²) in [6, 6.07) is 87.7. The molecule has 0 saturated heterocycles. The van der Waals surface area contributed by atoms with Gasteiger partial charge in [0.05, 0.1) is 11.0 Å². The van der Waals surface area contributed by atoms with Crippen molar-refractivity contribution in [3.05, 3.63) is 243 Å². The molecule has 3 nitrogen and oxygen atoms in total. The summed E-state index contributed by atoms with van der Waals surface area (Å²) in [6.07, 6.45) is 0. The Kier molecular flexibility index (Phi) is 8.53. The molecule has 2 heterocycles. The normalized spacial score (nSPS) is 11.7. The van der Waals surface area contributed by atoms with E-state index in [0.29, 0.717) is 0 Å². The summed E-state index contributed by atoms with van der Waals surface area (Å²) in [4.78, 5) is 2.37. The average molecular weight is 829 g/mol. The van der Waals surface area contributed by atoms with E-state index < -0.39 is 0 Å². The van der Waals surface area contributed by atoms with Crippen LogP contribution < -0.4 is 4.90 Å². The predicted octanol–water partition coefficient (Wildman–Crippen LogP) is 17.5. The average Bonchev–Trinajstić information content (AvgIpc) is 3.93. The fraction of sp³-hybridized carbons (Fsp3) is 0. The highest BCUT2D eigenvalue weighted by Gasteiger charge is 2.17. The second kappa shape index (κ2) is 15.0. The van der Waals surface area contributed by atoms with Crippen molar-refractivity contribution in [2.75, 3.05) is 4.90 Å². The minimum Gasteiger partial charge on any atom is -0.456 e. The van der Waals surface area contributed by atoms with Gasteiger partial charge in [0.2, 0.25) is 0 Å². The van der Waals surface area contributed by atoms with Gasteiger partial charge in [-0.25, -0.2) is 0 Å². The third-order valence-electron chi connectivity index (χ3n) is 13.2. The highest BCUT2D eigenvalue weighted by molar-refractivity contribution is 6.15. The van der Waals surface area contributed by atoms with Crippen molar-refractivity contribution in [1.82, 2.24) is 4.57 Å². The second-order valence-corrected chi connectivity index (χ2v) is 16.9. The van der Waals surface area contributed by atoms with Crippen molar-refractivity contribution in [3.63, 3.8) is 0 Å². The lowest BCUT2D eigenvalue weighted by Gasteiger charge is -2.26. The van der Waals surface area contributed by atoms with Crippen LogP contribution in [0.3, 0.4) is 0 Å². The first-order valence-corrected chi connectivity index (χ1v) is 22.2. The van der Waals surface area contributed by atoms with Gasteiger partial charge >= 0.3 is 0 Å². The SMILES string of the molecule is c1ccc(-c2ccc(N(c3ccc(-c4cccc(-n5c6ccccc6c6ccccc65)c4)cc3)c3ccc4c(ccc5cc(-c6cccc7oc8ccccc8c67)ccc54)c3)cc2)cc1. The lowest BCUT2D eigenvalue weighted by atomic mass is 9.95. The van der Waals surface area contributed by atoms with E-state index in [0.717, 1.165) is 50.3 Å². The van der Waals surface area contributed by atoms with Gasteiger partial charge in [-0.05, 0) is 134 Å². The molecule has 2 aromatic heterocycles. The van der Waals surface area contributed by atoms with Crippen LogP contribution in [0, 0.1) is 0 Å². The number of furan rings is 1. The van der Waals surface area contributed by atoms with Gasteiger partial charge in [0.25, 0.3) is 0 Å². The number of aromatic nitrogens is 1. The highest BCUT2D eigenvalue weighted by atomic mass is 16.3. The van der Waals surface area contributed by atoms with Gasteiger partial charge in [0, 0.05) is 44.3 Å². The molecule has 3 heteroatoms. The Morgan fingerprint density at radius 2 is 0.831 bits per heavy atom. The highest BCUT2D eigenvalue weighted by Crippen LogP contribution is 2.42. The first kappa shape index (κ1) is 36.9. The molecule has 0 bridgehead atoms. The van der Waals surface area contributed by atoms with Crippen molar-refractivity contribution in [2.24, 2.45) is 0 Å². The summed E-state index contributed by atoms with van der Waals surface area (Å²) in [6.45, 7) is 0. The quantitative estimate of drug-likeness (QED) is 0.149. The topological polar surface area (TPSA) is 21.3 Å². The largest absolute Gasteiger partial charge is 0.456 e. The molecule has 0 aliphatic heterocycles. The van der Waals surface area contributed by atoms with Gasteiger partial charge in [-0.1, -0.05) is 164 Å². The molecule has 0 radical (unpaired) electrons. The summed E-state index contributed by atoms with van der Waals surface area (Å²) in [5.41, 5.74) is 15.8. The third kappa shape index (κ3) is 6.20. The van der Waals surface area contributed by atoms with Gasteiger partial charge in [-0.15, -0.1) is 0 Å². The minimum atomic E-state index is 0.911. The second-order valence-electron chi connectivity index (χ2n) is 16.9. The molecule has 0 saturated carbocycles. The van der Waals surface area contributed by atoms with Crippen molar-refractivity contribution in [2.45, 2.75) is 0 Å². The van der Waals surface area contributed by atoms with Crippen LogP contribution in [0.1, 0.15) is 0 Å². The molecule has 13 aromatic rings. The molecule has 0 unspecified atom stereocenters. The first-order valence-electron chi connectivity index (χ1n) is 22.2. The maximum Gasteiger partial charge on any atom is 0.136 e. The Morgan fingerprint density at radius 3 is 1.55 bits per heavy atom. The van der Waals surface area contributed by atoms with E-state index in [1.54, 1.807) is 0 Å². The number of rotatable bonds is 7. The molecule has 0 atom stereocenters. The Hall–Kier alpha value is -8.66. The van der Waals surface area contributed by atoms with Gasteiger partial charge in [-0.3, -0.25) is 0 Å². The summed E-state index contributed by atoms with van der Waals surface area (Å²) in [5.74, 6) is 0. The maximum absolute atomic E-state index is 6.24. The fourth-order valence-corrected chi connectivity index (χ4v) is 10.1. The van der Waals surface area contributed by atoms with Crippen molar-refractivity contribution >= 4 is 82.4 Å². The maximum atomic E-state index is 6.24. The van der Waals surface area contributed by atoms with Gasteiger partial charge in [0.15, 0.2) is 0 Å². The molecule has 0 aliphatic rings. The molecule has 0 amide bonds. The first-order chi connectivity index (χ1) is 32.2. The van der Waals surface area contributed by atoms with E-state index in [-0.39, 0.29) is 0 Å². The molecule has 0 aliphatic carbocycles. The van der Waals surface area contributed by atoms with Crippen LogP contribution in [-0.2, 0) is 0 Å². The van der Waals surface area contributed by atoms with E-state index >= 15 is 0 Å². The summed E-state index contributed by atoms with van der Waals surface area (Å²) in [7, 11) is 0. The van der Waals surface area contributed by atoms with Crippen LogP contribution in [0.25, 0.3) is 104 Å². The Bertz CT molecular complexity index is 3880. The fourth-order valence-electron chi connectivity index (χ4n) is 10.1. The lowest BCUT2D eigenvalue weighted by molar-refractivity contribution is 0.669. The summed E-state index contributed by atoms with van der Waals surface area (Å²) >= 11 is 0. The van der Waals surface area contributed by atoms with Crippen LogP contribution in [0.4, 0.5) is 17.1 Å². The zero-order valence-electron chi connectivity index (χ0n) is 35.4. The zero-order valence-corrected chi connectivity index (χ0v) is 35.4. The lowest BCUT2D eigenvalue weighted by Crippen LogP contribution is -2.09. The Balaban J connectivity index is 0.886. The van der Waals surface area contributed by atoms with Gasteiger partial charge in [-0.2, -0.15) is 0 Å². The standard InChI is InChI=1S/C62H40N2O/c1-2-12-41(13-3-1)42-26-31-48(32-27-42)63(49-33-28-43(29-34-49)44-14-10-15-50(39-44)64-58-20-7-4-16-55(58)56-17-5-8-21-59(56)64)51-35-37-53-47(40-51)25-24-45-38-46(30-36-52(45)53)54-19-11-23-61-62(54)57-18-6-9-22-60(57)65-61/h1-40H. The predicted molar refractivity (Wildman–Crippen MR) is 274 cm³/mol. The van der Waals surface area contributed by atoms with Gasteiger partial charge < -0.3 is 13.9 Å². The number of para-hydroxylation sites is 3. The molecule has 13 rings (SSSR count). The summed E-state index contributed by atoms with van der Waals surface area (Å²) < 4.78 is 8.63. The van der Waals surface area contributed by atoms with E-state index in [4.69, 9.17) is 4.42 Å². The molecule has 0 N–H and O–H groups in total. The van der Waals surface area contributed by atoms with Crippen LogP contribution >= 0.6 is 0 Å². The Labute approximate surface area is 376 Å². The smallest absolute Gasteiger partial charge is 0.136 e. The molecule has 11 aromatic carbocycles. The minimum absolute atomic E-state index is 0.911. The van der Waals surface area contributed by atoms with Crippen molar-refractivity contribution in [1.29, 1.82) is 0 Å². The monoisotopic (exact) mass is 828 g/mol. The van der Waals surface area contributed by atoms with E-state index in [1.807, 2.05) is 12.1 Å². The van der Waals surface area contributed by atoms with Crippen LogP contribution in [0.15, 0.2) is 247 Å². The summed E-state index contributed by atoms with van der Waals surface area (Å²) in [5, 5.41) is 9.68. The molecule has 0 spiro atoms. The molecular weight excluding hydrogens is 789 g/mol. The van der Waals surface area contributed by atoms with Crippen LogP contribution in [0.2, 0.25) is 0 Å². The number of hydrogen-bond acceptors (Lipinski definition) is 2. The zero-order chi connectivity index (χ0) is 42.8. The van der Waals surface area contributed by atoms with E-state index in [9.17, 15) is 0 Å². The molecule has 304 valence electrons.